The van der Waals surface area contributed by atoms with E-state index in [4.69, 9.17) is 8.83 Å². The molecule has 0 aliphatic rings. The van der Waals surface area contributed by atoms with E-state index < -0.39 is 0 Å². The van der Waals surface area contributed by atoms with E-state index in [9.17, 15) is 0 Å². The molecular formula is C18H28O2. The van der Waals surface area contributed by atoms with Crippen LogP contribution in [0.3, 0.4) is 0 Å². The van der Waals surface area contributed by atoms with Crippen LogP contribution in [0.1, 0.15) is 52.9 Å². The van der Waals surface area contributed by atoms with Gasteiger partial charge >= 0.3 is 0 Å². The lowest BCUT2D eigenvalue weighted by Crippen LogP contribution is -2.07. The van der Waals surface area contributed by atoms with Crippen LogP contribution in [0.15, 0.2) is 45.8 Å². The molecule has 0 bridgehead atoms. The van der Waals surface area contributed by atoms with Crippen LogP contribution in [-0.2, 0) is 12.8 Å². The first-order chi connectivity index (χ1) is 9.16. The maximum absolute atomic E-state index is 5.21. The number of rotatable bonds is 2. The zero-order valence-corrected chi connectivity index (χ0v) is 13.7. The summed E-state index contributed by atoms with van der Waals surface area (Å²) in [4.78, 5) is 0. The van der Waals surface area contributed by atoms with Gasteiger partial charge in [-0.05, 0) is 41.0 Å². The SMILES string of the molecule is CC(C)(C)Cc1ccco1.CC(C)(C)Cc1ccoc1. The van der Waals surface area contributed by atoms with Crippen LogP contribution in [0.2, 0.25) is 0 Å². The molecule has 2 rings (SSSR count). The van der Waals surface area contributed by atoms with Gasteiger partial charge in [0, 0.05) is 6.42 Å². The molecule has 0 aromatic carbocycles. The summed E-state index contributed by atoms with van der Waals surface area (Å²) in [6.45, 7) is 13.3. The summed E-state index contributed by atoms with van der Waals surface area (Å²) < 4.78 is 10.2. The molecule has 0 N–H and O–H groups in total. The van der Waals surface area contributed by atoms with Crippen LogP contribution in [0.5, 0.6) is 0 Å². The third kappa shape index (κ3) is 7.88. The summed E-state index contributed by atoms with van der Waals surface area (Å²) in [7, 11) is 0. The molecule has 2 aromatic rings. The normalized spacial score (nSPS) is 11.9. The zero-order valence-electron chi connectivity index (χ0n) is 13.7. The Balaban J connectivity index is 0.000000200. The first-order valence-corrected chi connectivity index (χ1v) is 7.19. The van der Waals surface area contributed by atoms with Gasteiger partial charge in [0.15, 0.2) is 0 Å². The van der Waals surface area contributed by atoms with E-state index in [1.54, 1.807) is 12.5 Å². The van der Waals surface area contributed by atoms with E-state index in [0.717, 1.165) is 18.6 Å². The fourth-order valence-electron chi connectivity index (χ4n) is 1.94. The molecule has 2 aromatic heterocycles. The smallest absolute Gasteiger partial charge is 0.104 e. The van der Waals surface area contributed by atoms with Crippen LogP contribution in [-0.4, -0.2) is 0 Å². The first-order valence-electron chi connectivity index (χ1n) is 7.19. The van der Waals surface area contributed by atoms with Crippen molar-refractivity contribution in [1.82, 2.24) is 0 Å². The van der Waals surface area contributed by atoms with Crippen molar-refractivity contribution >= 4 is 0 Å². The average molecular weight is 276 g/mol. The van der Waals surface area contributed by atoms with Gasteiger partial charge < -0.3 is 8.83 Å². The summed E-state index contributed by atoms with van der Waals surface area (Å²) in [5.74, 6) is 1.08. The fourth-order valence-corrected chi connectivity index (χ4v) is 1.94. The standard InChI is InChI=1S/2C9H14O/c1-9(2,3)6-8-4-5-10-7-8;1-9(2,3)7-8-5-4-6-10-8/h4-5,7H,6H2,1-3H3;4-6H,7H2,1-3H3. The van der Waals surface area contributed by atoms with Crippen molar-refractivity contribution in [3.8, 4) is 0 Å². The first kappa shape index (κ1) is 16.6. The minimum atomic E-state index is 0.331. The largest absolute Gasteiger partial charge is 0.472 e. The summed E-state index contributed by atoms with van der Waals surface area (Å²) in [6.07, 6.45) is 7.36. The Morgan fingerprint density at radius 2 is 1.50 bits per heavy atom. The fraction of sp³-hybridized carbons (Fsp3) is 0.556. The Morgan fingerprint density at radius 1 is 0.850 bits per heavy atom. The van der Waals surface area contributed by atoms with E-state index in [1.807, 2.05) is 24.5 Å². The third-order valence-corrected chi connectivity index (χ3v) is 2.60. The second kappa shape index (κ2) is 6.83. The maximum Gasteiger partial charge on any atom is 0.104 e. The highest BCUT2D eigenvalue weighted by atomic mass is 16.3. The third-order valence-electron chi connectivity index (χ3n) is 2.60. The van der Waals surface area contributed by atoms with E-state index in [1.165, 1.54) is 5.56 Å². The predicted octanol–water partition coefficient (Wildman–Crippen LogP) is 5.74. The Bertz CT molecular complexity index is 404. The highest BCUT2D eigenvalue weighted by Crippen LogP contribution is 2.20. The Morgan fingerprint density at radius 3 is 1.90 bits per heavy atom. The molecule has 0 fully saturated rings. The van der Waals surface area contributed by atoms with Crippen LogP contribution in [0.25, 0.3) is 0 Å². The van der Waals surface area contributed by atoms with Gasteiger partial charge in [0.25, 0.3) is 0 Å². The van der Waals surface area contributed by atoms with Gasteiger partial charge in [-0.1, -0.05) is 41.5 Å². The molecule has 0 saturated carbocycles. The van der Waals surface area contributed by atoms with Gasteiger partial charge in [0.1, 0.15) is 5.76 Å². The molecule has 0 unspecified atom stereocenters. The van der Waals surface area contributed by atoms with Crippen molar-refractivity contribution in [2.75, 3.05) is 0 Å². The van der Waals surface area contributed by atoms with E-state index >= 15 is 0 Å². The van der Waals surface area contributed by atoms with E-state index in [-0.39, 0.29) is 0 Å². The molecule has 0 saturated heterocycles. The molecule has 2 heterocycles. The average Bonchev–Trinajstić information content (AvgIpc) is 2.87. The lowest BCUT2D eigenvalue weighted by atomic mass is 9.89. The molecule has 2 nitrogen and oxygen atoms in total. The summed E-state index contributed by atoms with van der Waals surface area (Å²) in [5, 5.41) is 0. The Kier molecular flexibility index (Phi) is 5.67. The topological polar surface area (TPSA) is 26.3 Å². The van der Waals surface area contributed by atoms with Gasteiger partial charge in [0.2, 0.25) is 0 Å². The van der Waals surface area contributed by atoms with E-state index in [0.29, 0.717) is 10.8 Å². The van der Waals surface area contributed by atoms with Gasteiger partial charge in [0.05, 0.1) is 18.8 Å². The summed E-state index contributed by atoms with van der Waals surface area (Å²) >= 11 is 0. The van der Waals surface area contributed by atoms with Crippen molar-refractivity contribution in [2.45, 2.75) is 54.4 Å². The van der Waals surface area contributed by atoms with Crippen LogP contribution in [0, 0.1) is 10.8 Å². The monoisotopic (exact) mass is 276 g/mol. The molecule has 0 atom stereocenters. The van der Waals surface area contributed by atoms with Crippen LogP contribution < -0.4 is 0 Å². The minimum Gasteiger partial charge on any atom is -0.472 e. The Hall–Kier alpha value is -1.44. The molecule has 0 aliphatic carbocycles. The van der Waals surface area contributed by atoms with Crippen LogP contribution >= 0.6 is 0 Å². The van der Waals surface area contributed by atoms with Gasteiger partial charge in [-0.15, -0.1) is 0 Å². The second-order valence-electron chi connectivity index (χ2n) is 7.69. The highest BCUT2D eigenvalue weighted by molar-refractivity contribution is 5.07. The Labute approximate surface area is 123 Å². The lowest BCUT2D eigenvalue weighted by molar-refractivity contribution is 0.363. The molecule has 0 aliphatic heterocycles. The van der Waals surface area contributed by atoms with Gasteiger partial charge in [-0.2, -0.15) is 0 Å². The van der Waals surface area contributed by atoms with Gasteiger partial charge in [-0.3, -0.25) is 0 Å². The summed E-state index contributed by atoms with van der Waals surface area (Å²) in [6, 6.07) is 5.97. The second-order valence-corrected chi connectivity index (χ2v) is 7.69. The highest BCUT2D eigenvalue weighted by Gasteiger charge is 2.12. The molecular weight excluding hydrogens is 248 g/mol. The molecule has 0 radical (unpaired) electrons. The van der Waals surface area contributed by atoms with Gasteiger partial charge in [-0.25, -0.2) is 0 Å². The minimum absolute atomic E-state index is 0.331. The quantitative estimate of drug-likeness (QED) is 0.699. The predicted molar refractivity (Wildman–Crippen MR) is 83.7 cm³/mol. The lowest BCUT2D eigenvalue weighted by Gasteiger charge is -2.15. The molecule has 2 heteroatoms. The number of hydrogen-bond acceptors (Lipinski definition) is 2. The number of hydrogen-bond donors (Lipinski definition) is 0. The zero-order chi connectivity index (χ0) is 15.2. The van der Waals surface area contributed by atoms with Crippen molar-refractivity contribution < 1.29 is 8.83 Å². The van der Waals surface area contributed by atoms with Crippen molar-refractivity contribution in [1.29, 1.82) is 0 Å². The van der Waals surface area contributed by atoms with Crippen molar-refractivity contribution in [3.05, 3.63) is 48.3 Å². The molecule has 20 heavy (non-hydrogen) atoms. The number of furan rings is 2. The van der Waals surface area contributed by atoms with Crippen molar-refractivity contribution in [3.63, 3.8) is 0 Å². The molecule has 112 valence electrons. The molecule has 0 amide bonds. The summed E-state index contributed by atoms with van der Waals surface area (Å²) in [5.41, 5.74) is 1.98. The van der Waals surface area contributed by atoms with Crippen LogP contribution in [0.4, 0.5) is 0 Å². The van der Waals surface area contributed by atoms with Crippen molar-refractivity contribution in [2.24, 2.45) is 10.8 Å². The molecule has 0 spiro atoms. The van der Waals surface area contributed by atoms with E-state index in [2.05, 4.69) is 41.5 Å². The maximum atomic E-state index is 5.21.